The molecule has 3 heteroatoms. The summed E-state index contributed by atoms with van der Waals surface area (Å²) in [6.45, 7) is 7.45. The van der Waals surface area contributed by atoms with Crippen LogP contribution in [0.5, 0.6) is 0 Å². The predicted octanol–water partition coefficient (Wildman–Crippen LogP) is 1.19. The van der Waals surface area contributed by atoms with E-state index in [-0.39, 0.29) is 0 Å². The number of nitrogens with zero attached hydrogens (tertiary/aromatic N) is 1. The van der Waals surface area contributed by atoms with Crippen LogP contribution in [-0.2, 0) is 0 Å². The molecule has 2 rings (SSSR count). The number of rotatable bonds is 5. The Balaban J connectivity index is 1.45. The first-order chi connectivity index (χ1) is 7.74. The summed E-state index contributed by atoms with van der Waals surface area (Å²) in [6.07, 6.45) is 6.44. The lowest BCUT2D eigenvalue weighted by molar-refractivity contribution is 0.187. The molecule has 0 atom stereocenters. The van der Waals surface area contributed by atoms with Crippen LogP contribution >= 0.6 is 0 Å². The molecule has 0 spiro atoms. The summed E-state index contributed by atoms with van der Waals surface area (Å²) in [5, 5.41) is 3.59. The van der Waals surface area contributed by atoms with Gasteiger partial charge in [0.05, 0.1) is 0 Å². The van der Waals surface area contributed by atoms with E-state index in [9.17, 15) is 0 Å². The predicted molar refractivity (Wildman–Crippen MR) is 68.5 cm³/mol. The molecular formula is C13H27N3. The molecule has 16 heavy (non-hydrogen) atoms. The average molecular weight is 225 g/mol. The van der Waals surface area contributed by atoms with Gasteiger partial charge in [-0.25, -0.2) is 0 Å². The van der Waals surface area contributed by atoms with E-state index in [0.29, 0.717) is 6.04 Å². The van der Waals surface area contributed by atoms with Crippen molar-refractivity contribution in [3.63, 3.8) is 0 Å². The maximum Gasteiger partial charge on any atom is 0.00965 e. The molecule has 3 N–H and O–H groups in total. The molecule has 1 saturated carbocycles. The molecule has 1 aliphatic heterocycles. The molecule has 0 bridgehead atoms. The van der Waals surface area contributed by atoms with Crippen LogP contribution in [-0.4, -0.2) is 43.2 Å². The van der Waals surface area contributed by atoms with E-state index in [4.69, 9.17) is 5.73 Å². The molecule has 1 saturated heterocycles. The Kier molecular flexibility index (Phi) is 4.62. The normalized spacial score (nSPS) is 32.6. The number of nitrogens with two attached hydrogens (primary N) is 1. The molecule has 0 radical (unpaired) electrons. The molecule has 0 unspecified atom stereocenters. The zero-order valence-corrected chi connectivity index (χ0v) is 10.6. The Morgan fingerprint density at radius 1 is 1.25 bits per heavy atom. The minimum absolute atomic E-state index is 0.473. The minimum atomic E-state index is 0.473. The van der Waals surface area contributed by atoms with Gasteiger partial charge in [0.15, 0.2) is 0 Å². The molecule has 3 nitrogen and oxygen atoms in total. The van der Waals surface area contributed by atoms with E-state index in [1.165, 1.54) is 58.3 Å². The zero-order valence-electron chi connectivity index (χ0n) is 10.6. The van der Waals surface area contributed by atoms with Crippen LogP contribution in [0, 0.1) is 5.92 Å². The van der Waals surface area contributed by atoms with Crippen LogP contribution in [0.1, 0.15) is 39.0 Å². The fourth-order valence-corrected chi connectivity index (χ4v) is 2.72. The van der Waals surface area contributed by atoms with Gasteiger partial charge >= 0.3 is 0 Å². The number of nitrogens with one attached hydrogen (secondary N) is 1. The van der Waals surface area contributed by atoms with Gasteiger partial charge in [-0.2, -0.15) is 0 Å². The first-order valence-corrected chi connectivity index (χ1v) is 6.95. The molecule has 2 fully saturated rings. The third-order valence-corrected chi connectivity index (χ3v) is 4.13. The number of piperidine rings is 1. The van der Waals surface area contributed by atoms with Gasteiger partial charge in [-0.1, -0.05) is 6.92 Å². The number of hydrogen-bond donors (Lipinski definition) is 2. The highest BCUT2D eigenvalue weighted by Crippen LogP contribution is 2.17. The maximum atomic E-state index is 5.75. The molecule has 94 valence electrons. The lowest BCUT2D eigenvalue weighted by Crippen LogP contribution is -2.48. The highest BCUT2D eigenvalue weighted by Gasteiger charge is 2.24. The average Bonchev–Trinajstić information content (AvgIpc) is 2.24. The third kappa shape index (κ3) is 3.72. The van der Waals surface area contributed by atoms with Crippen LogP contribution in [0.25, 0.3) is 0 Å². The quantitative estimate of drug-likeness (QED) is 0.691. The van der Waals surface area contributed by atoms with Crippen molar-refractivity contribution >= 4 is 0 Å². The van der Waals surface area contributed by atoms with Crippen LogP contribution in [0.3, 0.4) is 0 Å². The van der Waals surface area contributed by atoms with Crippen molar-refractivity contribution in [2.75, 3.05) is 26.2 Å². The fraction of sp³-hybridized carbons (Fsp3) is 1.00. The SMILES string of the molecule is CC1CCN(CCCNC2CC(N)C2)CC1. The van der Waals surface area contributed by atoms with E-state index in [0.717, 1.165) is 12.0 Å². The van der Waals surface area contributed by atoms with E-state index in [2.05, 4.69) is 17.1 Å². The van der Waals surface area contributed by atoms with Crippen molar-refractivity contribution in [3.05, 3.63) is 0 Å². The summed E-state index contributed by atoms with van der Waals surface area (Å²) in [6, 6.07) is 1.19. The summed E-state index contributed by atoms with van der Waals surface area (Å²) in [5.74, 6) is 0.950. The summed E-state index contributed by atoms with van der Waals surface area (Å²) < 4.78 is 0. The summed E-state index contributed by atoms with van der Waals surface area (Å²) in [5.41, 5.74) is 5.75. The summed E-state index contributed by atoms with van der Waals surface area (Å²) in [7, 11) is 0. The third-order valence-electron chi connectivity index (χ3n) is 4.13. The molecule has 0 amide bonds. The second-order valence-electron chi connectivity index (χ2n) is 5.76. The van der Waals surface area contributed by atoms with Crippen molar-refractivity contribution in [1.82, 2.24) is 10.2 Å². The second kappa shape index (κ2) is 5.99. The standard InChI is InChI=1S/C13H27N3/c1-11-3-7-16(8-4-11)6-2-5-15-13-9-12(14)10-13/h11-13,15H,2-10,14H2,1H3. The van der Waals surface area contributed by atoms with Gasteiger partial charge in [0.2, 0.25) is 0 Å². The van der Waals surface area contributed by atoms with Crippen LogP contribution in [0.15, 0.2) is 0 Å². The lowest BCUT2D eigenvalue weighted by atomic mass is 9.87. The highest BCUT2D eigenvalue weighted by atomic mass is 15.1. The van der Waals surface area contributed by atoms with Crippen molar-refractivity contribution in [2.24, 2.45) is 11.7 Å². The van der Waals surface area contributed by atoms with Gasteiger partial charge in [-0.15, -0.1) is 0 Å². The summed E-state index contributed by atoms with van der Waals surface area (Å²) >= 11 is 0. The molecule has 0 aromatic carbocycles. The van der Waals surface area contributed by atoms with Gasteiger partial charge in [0.1, 0.15) is 0 Å². The van der Waals surface area contributed by atoms with E-state index in [1.54, 1.807) is 0 Å². The topological polar surface area (TPSA) is 41.3 Å². The van der Waals surface area contributed by atoms with Crippen LogP contribution in [0.2, 0.25) is 0 Å². The van der Waals surface area contributed by atoms with Crippen molar-refractivity contribution in [2.45, 2.75) is 51.1 Å². The second-order valence-corrected chi connectivity index (χ2v) is 5.76. The van der Waals surface area contributed by atoms with Gasteiger partial charge in [0.25, 0.3) is 0 Å². The van der Waals surface area contributed by atoms with Crippen molar-refractivity contribution in [1.29, 1.82) is 0 Å². The van der Waals surface area contributed by atoms with E-state index in [1.807, 2.05) is 0 Å². The molecule has 0 aromatic heterocycles. The van der Waals surface area contributed by atoms with Crippen LogP contribution in [0.4, 0.5) is 0 Å². The largest absolute Gasteiger partial charge is 0.328 e. The van der Waals surface area contributed by atoms with Gasteiger partial charge in [0, 0.05) is 12.1 Å². The summed E-state index contributed by atoms with van der Waals surface area (Å²) in [4.78, 5) is 2.62. The number of hydrogen-bond acceptors (Lipinski definition) is 3. The van der Waals surface area contributed by atoms with E-state index >= 15 is 0 Å². The lowest BCUT2D eigenvalue weighted by Gasteiger charge is -2.34. The minimum Gasteiger partial charge on any atom is -0.328 e. The molecule has 1 heterocycles. The van der Waals surface area contributed by atoms with Crippen molar-refractivity contribution < 1.29 is 0 Å². The van der Waals surface area contributed by atoms with Crippen LogP contribution < -0.4 is 11.1 Å². The maximum absolute atomic E-state index is 5.75. The van der Waals surface area contributed by atoms with Gasteiger partial charge < -0.3 is 16.0 Å². The fourth-order valence-electron chi connectivity index (χ4n) is 2.72. The Morgan fingerprint density at radius 2 is 1.94 bits per heavy atom. The van der Waals surface area contributed by atoms with Crippen molar-refractivity contribution in [3.8, 4) is 0 Å². The van der Waals surface area contributed by atoms with Gasteiger partial charge in [-0.05, 0) is 64.2 Å². The first-order valence-electron chi connectivity index (χ1n) is 6.95. The Hall–Kier alpha value is -0.120. The highest BCUT2D eigenvalue weighted by molar-refractivity contribution is 4.87. The Labute approximate surface area is 99.8 Å². The van der Waals surface area contributed by atoms with Gasteiger partial charge in [-0.3, -0.25) is 0 Å². The zero-order chi connectivity index (χ0) is 11.4. The molecule has 0 aromatic rings. The molecule has 1 aliphatic carbocycles. The number of likely N-dealkylation sites (tertiary alicyclic amines) is 1. The smallest absolute Gasteiger partial charge is 0.00965 e. The monoisotopic (exact) mass is 225 g/mol. The Bertz CT molecular complexity index is 193. The van der Waals surface area contributed by atoms with E-state index < -0.39 is 0 Å². The molecule has 2 aliphatic rings. The Morgan fingerprint density at radius 3 is 2.56 bits per heavy atom. The first kappa shape index (κ1) is 12.3. The molecular weight excluding hydrogens is 198 g/mol.